The third-order valence-corrected chi connectivity index (χ3v) is 5.76. The van der Waals surface area contributed by atoms with E-state index in [1.54, 1.807) is 20.3 Å². The van der Waals surface area contributed by atoms with Gasteiger partial charge in [0.1, 0.15) is 0 Å². The predicted octanol–water partition coefficient (Wildman–Crippen LogP) is 2.76. The Labute approximate surface area is 161 Å². The molecule has 1 amide bonds. The van der Waals surface area contributed by atoms with Gasteiger partial charge in [-0.15, -0.1) is 0 Å². The molecule has 0 atom stereocenters. The Hall–Kier alpha value is -1.79. The molecule has 1 aromatic rings. The molecule has 0 radical (unpaired) electrons. The van der Waals surface area contributed by atoms with Crippen LogP contribution in [0.3, 0.4) is 0 Å². The van der Waals surface area contributed by atoms with Crippen LogP contribution in [0.25, 0.3) is 0 Å². The van der Waals surface area contributed by atoms with Crippen LogP contribution in [0.15, 0.2) is 18.2 Å². The normalized spacial score (nSPS) is 19.6. The Morgan fingerprint density at radius 1 is 1.19 bits per heavy atom. The number of methoxy groups -OCH3 is 2. The lowest BCUT2D eigenvalue weighted by atomic mass is 9.79. The van der Waals surface area contributed by atoms with Crippen LogP contribution in [0, 0.1) is 5.41 Å². The molecule has 0 bridgehead atoms. The van der Waals surface area contributed by atoms with Crippen LogP contribution in [0.1, 0.15) is 48.9 Å². The van der Waals surface area contributed by atoms with Crippen LogP contribution < -0.4 is 20.1 Å². The molecule has 6 nitrogen and oxygen atoms in total. The van der Waals surface area contributed by atoms with E-state index in [0.29, 0.717) is 24.5 Å². The van der Waals surface area contributed by atoms with Crippen LogP contribution in [-0.2, 0) is 4.74 Å². The van der Waals surface area contributed by atoms with Gasteiger partial charge in [-0.05, 0) is 69.8 Å². The fourth-order valence-corrected chi connectivity index (χ4v) is 4.10. The van der Waals surface area contributed by atoms with Crippen molar-refractivity contribution in [2.24, 2.45) is 5.41 Å². The van der Waals surface area contributed by atoms with Gasteiger partial charge in [0.05, 0.1) is 19.8 Å². The zero-order valence-electron chi connectivity index (χ0n) is 16.5. The minimum atomic E-state index is -0.0882. The molecule has 1 aromatic carbocycles. The Morgan fingerprint density at radius 2 is 1.93 bits per heavy atom. The highest BCUT2D eigenvalue weighted by Gasteiger charge is 2.32. The minimum absolute atomic E-state index is 0.00523. The summed E-state index contributed by atoms with van der Waals surface area (Å²) in [5, 5.41) is 6.46. The van der Waals surface area contributed by atoms with Crippen molar-refractivity contribution in [1.29, 1.82) is 0 Å². The number of hydrogen-bond donors (Lipinski definition) is 2. The summed E-state index contributed by atoms with van der Waals surface area (Å²) < 4.78 is 16.9. The van der Waals surface area contributed by atoms with E-state index >= 15 is 0 Å². The maximum absolute atomic E-state index is 12.7. The lowest BCUT2D eigenvalue weighted by Crippen LogP contribution is -2.47. The van der Waals surface area contributed by atoms with Crippen LogP contribution in [-0.4, -0.2) is 52.5 Å². The first kappa shape index (κ1) is 20.0. The molecule has 1 aliphatic heterocycles. The number of carbonyl (C=O) groups is 1. The van der Waals surface area contributed by atoms with Gasteiger partial charge in [0.15, 0.2) is 11.5 Å². The largest absolute Gasteiger partial charge is 0.493 e. The summed E-state index contributed by atoms with van der Waals surface area (Å²) in [5.41, 5.74) is 0.595. The average Bonchev–Trinajstić information content (AvgIpc) is 3.20. The van der Waals surface area contributed by atoms with E-state index in [1.165, 1.54) is 12.8 Å². The highest BCUT2D eigenvalue weighted by Crippen LogP contribution is 2.33. The molecule has 1 heterocycles. The second-order valence-electron chi connectivity index (χ2n) is 7.76. The van der Waals surface area contributed by atoms with E-state index in [0.717, 1.165) is 44.5 Å². The molecule has 2 fully saturated rings. The van der Waals surface area contributed by atoms with Crippen molar-refractivity contribution in [3.63, 3.8) is 0 Å². The van der Waals surface area contributed by atoms with Crippen molar-refractivity contribution in [3.8, 4) is 11.5 Å². The Kier molecular flexibility index (Phi) is 6.96. The minimum Gasteiger partial charge on any atom is -0.493 e. The molecule has 0 aromatic heterocycles. The van der Waals surface area contributed by atoms with Crippen molar-refractivity contribution >= 4 is 5.91 Å². The summed E-state index contributed by atoms with van der Waals surface area (Å²) in [6.45, 7) is 3.19. The third kappa shape index (κ3) is 5.14. The topological polar surface area (TPSA) is 68.8 Å². The van der Waals surface area contributed by atoms with Crippen molar-refractivity contribution in [3.05, 3.63) is 23.8 Å². The molecule has 0 spiro atoms. The second kappa shape index (κ2) is 9.42. The molecule has 1 saturated carbocycles. The lowest BCUT2D eigenvalue weighted by molar-refractivity contribution is 0.0511. The van der Waals surface area contributed by atoms with E-state index in [1.807, 2.05) is 12.1 Å². The van der Waals surface area contributed by atoms with Gasteiger partial charge in [-0.2, -0.15) is 0 Å². The Morgan fingerprint density at radius 3 is 2.59 bits per heavy atom. The number of hydrogen-bond acceptors (Lipinski definition) is 5. The summed E-state index contributed by atoms with van der Waals surface area (Å²) in [7, 11) is 3.33. The average molecular weight is 376 g/mol. The molecule has 3 rings (SSSR count). The Balaban J connectivity index is 1.63. The monoisotopic (exact) mass is 376 g/mol. The van der Waals surface area contributed by atoms with Gasteiger partial charge in [-0.3, -0.25) is 4.79 Å². The fraction of sp³-hybridized carbons (Fsp3) is 0.667. The van der Waals surface area contributed by atoms with Crippen molar-refractivity contribution in [2.75, 3.05) is 40.5 Å². The number of rotatable bonds is 8. The van der Waals surface area contributed by atoms with E-state index in [9.17, 15) is 4.79 Å². The molecular weight excluding hydrogens is 344 g/mol. The molecule has 1 aliphatic carbocycles. The SMILES string of the molecule is COCC1(CNC(=O)c2ccc(OC3CCCC3)c(OC)c2)CCNCC1. The molecular formula is C21H32N2O4. The summed E-state index contributed by atoms with van der Waals surface area (Å²) in [4.78, 5) is 12.7. The molecule has 27 heavy (non-hydrogen) atoms. The van der Waals surface area contributed by atoms with Gasteiger partial charge >= 0.3 is 0 Å². The van der Waals surface area contributed by atoms with Crippen LogP contribution in [0.5, 0.6) is 11.5 Å². The Bertz CT molecular complexity index is 617. The molecule has 1 saturated heterocycles. The van der Waals surface area contributed by atoms with Gasteiger partial charge in [-0.1, -0.05) is 0 Å². The first-order chi connectivity index (χ1) is 13.2. The number of benzene rings is 1. The van der Waals surface area contributed by atoms with Gasteiger partial charge < -0.3 is 24.8 Å². The molecule has 0 unspecified atom stereocenters. The first-order valence-electron chi connectivity index (χ1n) is 9.98. The zero-order valence-corrected chi connectivity index (χ0v) is 16.5. The molecule has 2 N–H and O–H groups in total. The fourth-order valence-electron chi connectivity index (χ4n) is 4.10. The van der Waals surface area contributed by atoms with E-state index in [2.05, 4.69) is 10.6 Å². The smallest absolute Gasteiger partial charge is 0.251 e. The summed E-state index contributed by atoms with van der Waals surface area (Å²) in [5.74, 6) is 1.24. The van der Waals surface area contributed by atoms with E-state index < -0.39 is 0 Å². The van der Waals surface area contributed by atoms with Gasteiger partial charge in [-0.25, -0.2) is 0 Å². The van der Waals surface area contributed by atoms with Crippen molar-refractivity contribution in [2.45, 2.75) is 44.6 Å². The standard InChI is InChI=1S/C21H32N2O4/c1-25-15-21(9-11-22-12-10-21)14-23-20(24)16-7-8-18(19(13-16)26-2)27-17-5-3-4-6-17/h7-8,13,17,22H,3-6,9-12,14-15H2,1-2H3,(H,23,24). The maximum Gasteiger partial charge on any atom is 0.251 e. The number of ether oxygens (including phenoxy) is 3. The number of carbonyl (C=O) groups excluding carboxylic acids is 1. The van der Waals surface area contributed by atoms with Crippen molar-refractivity contribution in [1.82, 2.24) is 10.6 Å². The van der Waals surface area contributed by atoms with Crippen LogP contribution in [0.4, 0.5) is 0 Å². The number of amides is 1. The highest BCUT2D eigenvalue weighted by molar-refractivity contribution is 5.94. The zero-order chi connectivity index (χ0) is 19.1. The summed E-state index contributed by atoms with van der Waals surface area (Å²) in [6.07, 6.45) is 6.85. The second-order valence-corrected chi connectivity index (χ2v) is 7.76. The van der Waals surface area contributed by atoms with E-state index in [-0.39, 0.29) is 17.4 Å². The molecule has 6 heteroatoms. The highest BCUT2D eigenvalue weighted by atomic mass is 16.5. The molecule has 2 aliphatic rings. The summed E-state index contributed by atoms with van der Waals surface area (Å²) in [6, 6.07) is 5.43. The van der Waals surface area contributed by atoms with Crippen molar-refractivity contribution < 1.29 is 19.0 Å². The predicted molar refractivity (Wildman–Crippen MR) is 105 cm³/mol. The van der Waals surface area contributed by atoms with Crippen LogP contribution >= 0.6 is 0 Å². The van der Waals surface area contributed by atoms with Gasteiger partial charge in [0.25, 0.3) is 5.91 Å². The lowest BCUT2D eigenvalue weighted by Gasteiger charge is -2.37. The maximum atomic E-state index is 12.7. The van der Waals surface area contributed by atoms with E-state index in [4.69, 9.17) is 14.2 Å². The van der Waals surface area contributed by atoms with Gasteiger partial charge in [0, 0.05) is 24.6 Å². The quantitative estimate of drug-likeness (QED) is 0.730. The van der Waals surface area contributed by atoms with Gasteiger partial charge in [0.2, 0.25) is 0 Å². The third-order valence-electron chi connectivity index (χ3n) is 5.76. The van der Waals surface area contributed by atoms with Crippen LogP contribution in [0.2, 0.25) is 0 Å². The first-order valence-corrected chi connectivity index (χ1v) is 9.98. The molecule has 150 valence electrons. The number of piperidine rings is 1. The summed E-state index contributed by atoms with van der Waals surface area (Å²) >= 11 is 0. The number of nitrogens with one attached hydrogen (secondary N) is 2.